The smallest absolute Gasteiger partial charge is 0.128 e. The van der Waals surface area contributed by atoms with Gasteiger partial charge in [-0.2, -0.15) is 5.10 Å². The summed E-state index contributed by atoms with van der Waals surface area (Å²) in [7, 11) is 0. The number of unbranched alkanes of at least 4 members (excludes halogenated alkanes) is 2. The number of benzene rings is 2. The molecule has 0 atom stereocenters. The summed E-state index contributed by atoms with van der Waals surface area (Å²) in [4.78, 5) is 0. The van der Waals surface area contributed by atoms with Gasteiger partial charge >= 0.3 is 0 Å². The van der Waals surface area contributed by atoms with Crippen molar-refractivity contribution in [2.45, 2.75) is 26.2 Å². The lowest BCUT2D eigenvalue weighted by Gasteiger charge is -2.08. The highest BCUT2D eigenvalue weighted by atomic mass is 35.5. The molecule has 2 rings (SSSR count). The summed E-state index contributed by atoms with van der Waals surface area (Å²) in [5, 5.41) is 5.24. The van der Waals surface area contributed by atoms with Crippen LogP contribution in [0.1, 0.15) is 31.7 Å². The van der Waals surface area contributed by atoms with Crippen LogP contribution in [0, 0.1) is 0 Å². The molecule has 0 bridgehead atoms. The minimum absolute atomic E-state index is 0.492. The predicted octanol–water partition coefficient (Wildman–Crippen LogP) is 6.01. The second-order valence-corrected chi connectivity index (χ2v) is 5.91. The third-order valence-corrected chi connectivity index (χ3v) is 3.98. The number of rotatable bonds is 8. The maximum atomic E-state index is 5.97. The van der Waals surface area contributed by atoms with Crippen molar-refractivity contribution in [2.75, 3.05) is 12.0 Å². The van der Waals surface area contributed by atoms with E-state index in [0.717, 1.165) is 30.0 Å². The van der Waals surface area contributed by atoms with E-state index in [1.807, 2.05) is 30.3 Å². The van der Waals surface area contributed by atoms with Crippen molar-refractivity contribution in [3.63, 3.8) is 0 Å². The minimum atomic E-state index is 0.492. The van der Waals surface area contributed by atoms with E-state index in [1.165, 1.54) is 12.8 Å². The van der Waals surface area contributed by atoms with E-state index in [4.69, 9.17) is 27.9 Å². The number of ether oxygens (including phenoxy) is 1. The zero-order valence-corrected chi connectivity index (χ0v) is 14.6. The van der Waals surface area contributed by atoms with E-state index in [1.54, 1.807) is 18.3 Å². The average Bonchev–Trinajstić information content (AvgIpc) is 2.56. The van der Waals surface area contributed by atoms with Crippen LogP contribution < -0.4 is 10.2 Å². The van der Waals surface area contributed by atoms with Gasteiger partial charge in [0.1, 0.15) is 5.75 Å². The Kier molecular flexibility index (Phi) is 7.24. The van der Waals surface area contributed by atoms with E-state index < -0.39 is 0 Å². The van der Waals surface area contributed by atoms with Crippen molar-refractivity contribution in [1.82, 2.24) is 0 Å². The maximum Gasteiger partial charge on any atom is 0.128 e. The summed E-state index contributed by atoms with van der Waals surface area (Å²) in [6.07, 6.45) is 5.15. The second-order valence-electron chi connectivity index (χ2n) is 5.09. The van der Waals surface area contributed by atoms with E-state index in [9.17, 15) is 0 Å². The fourth-order valence-electron chi connectivity index (χ4n) is 1.99. The Balaban J connectivity index is 1.97. The summed E-state index contributed by atoms with van der Waals surface area (Å²) in [6, 6.07) is 13.1. The first-order chi connectivity index (χ1) is 11.2. The van der Waals surface area contributed by atoms with Gasteiger partial charge in [-0.05, 0) is 36.8 Å². The van der Waals surface area contributed by atoms with Crippen molar-refractivity contribution in [1.29, 1.82) is 0 Å². The summed E-state index contributed by atoms with van der Waals surface area (Å²) in [6.45, 7) is 2.90. The Bertz CT molecular complexity index is 659. The molecule has 0 saturated carbocycles. The topological polar surface area (TPSA) is 33.6 Å². The highest BCUT2D eigenvalue weighted by molar-refractivity contribution is 6.42. The molecule has 0 saturated heterocycles. The lowest BCUT2D eigenvalue weighted by Crippen LogP contribution is -2.00. The quantitative estimate of drug-likeness (QED) is 0.359. The van der Waals surface area contributed by atoms with E-state index in [-0.39, 0.29) is 0 Å². The Labute approximate surface area is 147 Å². The summed E-state index contributed by atoms with van der Waals surface area (Å²) in [5.41, 5.74) is 4.64. The number of para-hydroxylation sites is 1. The first-order valence-corrected chi connectivity index (χ1v) is 8.42. The fraction of sp³-hybridized carbons (Fsp3) is 0.278. The molecule has 0 amide bonds. The zero-order chi connectivity index (χ0) is 16.5. The molecule has 2 aromatic rings. The normalized spacial score (nSPS) is 10.9. The van der Waals surface area contributed by atoms with Crippen LogP contribution in [-0.4, -0.2) is 12.8 Å². The number of anilines is 1. The predicted molar refractivity (Wildman–Crippen MR) is 99.1 cm³/mol. The molecule has 0 aromatic heterocycles. The fourth-order valence-corrected chi connectivity index (χ4v) is 2.29. The van der Waals surface area contributed by atoms with Gasteiger partial charge in [0.25, 0.3) is 0 Å². The third kappa shape index (κ3) is 5.77. The van der Waals surface area contributed by atoms with Crippen molar-refractivity contribution in [3.8, 4) is 5.75 Å². The van der Waals surface area contributed by atoms with Crippen LogP contribution in [0.3, 0.4) is 0 Å². The maximum absolute atomic E-state index is 5.97. The largest absolute Gasteiger partial charge is 0.493 e. The third-order valence-electron chi connectivity index (χ3n) is 3.24. The molecule has 5 heteroatoms. The van der Waals surface area contributed by atoms with E-state index in [2.05, 4.69) is 17.5 Å². The van der Waals surface area contributed by atoms with Gasteiger partial charge in [-0.3, -0.25) is 5.43 Å². The van der Waals surface area contributed by atoms with Crippen LogP contribution >= 0.6 is 23.2 Å². The van der Waals surface area contributed by atoms with Gasteiger partial charge in [0.15, 0.2) is 0 Å². The number of hydrogen-bond donors (Lipinski definition) is 1. The monoisotopic (exact) mass is 350 g/mol. The Hall–Kier alpha value is -1.71. The molecule has 122 valence electrons. The molecule has 0 unspecified atom stereocenters. The van der Waals surface area contributed by atoms with E-state index >= 15 is 0 Å². The number of hydrogen-bond acceptors (Lipinski definition) is 3. The number of nitrogens with zero attached hydrogens (tertiary/aromatic N) is 1. The molecule has 0 aliphatic heterocycles. The van der Waals surface area contributed by atoms with Crippen LogP contribution in [0.5, 0.6) is 5.75 Å². The van der Waals surface area contributed by atoms with Gasteiger partial charge in [-0.1, -0.05) is 55.1 Å². The van der Waals surface area contributed by atoms with Gasteiger partial charge in [0.05, 0.1) is 28.6 Å². The summed E-state index contributed by atoms with van der Waals surface area (Å²) < 4.78 is 5.82. The summed E-state index contributed by atoms with van der Waals surface area (Å²) >= 11 is 11.9. The second kappa shape index (κ2) is 9.43. The van der Waals surface area contributed by atoms with Crippen molar-refractivity contribution < 1.29 is 4.74 Å². The molecule has 3 nitrogen and oxygen atoms in total. The first kappa shape index (κ1) is 17.6. The standard InChI is InChI=1S/C18H20Cl2N2O/c1-2-3-6-11-23-18-8-5-4-7-14(18)13-21-22-15-9-10-16(19)17(20)12-15/h4-5,7-10,12-13,22H,2-3,6,11H2,1H3. The molecule has 0 heterocycles. The molecule has 1 N–H and O–H groups in total. The zero-order valence-electron chi connectivity index (χ0n) is 13.1. The van der Waals surface area contributed by atoms with Gasteiger partial charge in [0.2, 0.25) is 0 Å². The molecule has 23 heavy (non-hydrogen) atoms. The van der Waals surface area contributed by atoms with Crippen molar-refractivity contribution in [3.05, 3.63) is 58.1 Å². The highest BCUT2D eigenvalue weighted by Gasteiger charge is 2.01. The summed E-state index contributed by atoms with van der Waals surface area (Å²) in [5.74, 6) is 0.836. The molecular formula is C18H20Cl2N2O. The van der Waals surface area contributed by atoms with Crippen LogP contribution in [-0.2, 0) is 0 Å². The Morgan fingerprint density at radius 2 is 1.91 bits per heavy atom. The van der Waals surface area contributed by atoms with Crippen molar-refractivity contribution >= 4 is 35.1 Å². The molecular weight excluding hydrogens is 331 g/mol. The van der Waals surface area contributed by atoms with Crippen LogP contribution in [0.4, 0.5) is 5.69 Å². The van der Waals surface area contributed by atoms with Gasteiger partial charge in [-0.25, -0.2) is 0 Å². The molecule has 0 aliphatic rings. The number of halogens is 2. The molecule has 2 aromatic carbocycles. The lowest BCUT2D eigenvalue weighted by atomic mass is 10.2. The van der Waals surface area contributed by atoms with Crippen LogP contribution in [0.25, 0.3) is 0 Å². The van der Waals surface area contributed by atoms with Crippen LogP contribution in [0.2, 0.25) is 10.0 Å². The van der Waals surface area contributed by atoms with Gasteiger partial charge in [0, 0.05) is 5.56 Å². The SMILES string of the molecule is CCCCCOc1ccccc1C=NNc1ccc(Cl)c(Cl)c1. The molecule has 0 aliphatic carbocycles. The van der Waals surface area contributed by atoms with E-state index in [0.29, 0.717) is 10.0 Å². The molecule has 0 fully saturated rings. The lowest BCUT2D eigenvalue weighted by molar-refractivity contribution is 0.306. The first-order valence-electron chi connectivity index (χ1n) is 7.66. The van der Waals surface area contributed by atoms with Crippen LogP contribution in [0.15, 0.2) is 47.6 Å². The Morgan fingerprint density at radius 3 is 2.70 bits per heavy atom. The Morgan fingerprint density at radius 1 is 1.09 bits per heavy atom. The van der Waals surface area contributed by atoms with Gasteiger partial charge in [-0.15, -0.1) is 0 Å². The molecule has 0 radical (unpaired) electrons. The minimum Gasteiger partial charge on any atom is -0.493 e. The number of hydrazone groups is 1. The van der Waals surface area contributed by atoms with Crippen molar-refractivity contribution in [2.24, 2.45) is 5.10 Å². The highest BCUT2D eigenvalue weighted by Crippen LogP contribution is 2.25. The average molecular weight is 351 g/mol. The number of nitrogens with one attached hydrogen (secondary N) is 1. The molecule has 0 spiro atoms. The van der Waals surface area contributed by atoms with Gasteiger partial charge < -0.3 is 4.74 Å².